The van der Waals surface area contributed by atoms with E-state index in [1.807, 2.05) is 6.92 Å². The fourth-order valence-electron chi connectivity index (χ4n) is 11.1. The maximum atomic E-state index is 12.5. The number of aliphatic carboxylic acids is 2. The molecule has 4 fully saturated rings. The van der Waals surface area contributed by atoms with E-state index in [-0.39, 0.29) is 91.2 Å². The van der Waals surface area contributed by atoms with Crippen LogP contribution in [0.2, 0.25) is 0 Å². The summed E-state index contributed by atoms with van der Waals surface area (Å²) in [6.07, 6.45) is 12.1. The number of carboxylic acid groups (broad SMARTS) is 2. The molecule has 230 valence electrons. The minimum absolute atomic E-state index is 0. The number of ether oxygens (including phenoxy) is 2. The second-order valence-corrected chi connectivity index (χ2v) is 16.3. The molecule has 0 bridgehead atoms. The largest absolute Gasteiger partial charge is 1.00 e. The molecule has 0 amide bonds. The van der Waals surface area contributed by atoms with Crippen molar-refractivity contribution in [1.29, 1.82) is 0 Å². The molecule has 1 unspecified atom stereocenters. The average molecular weight is 611 g/mol. The van der Waals surface area contributed by atoms with E-state index >= 15 is 0 Å². The molecule has 7 nitrogen and oxygen atoms in total. The molecule has 8 heteroatoms. The van der Waals surface area contributed by atoms with Crippen LogP contribution in [-0.2, 0) is 23.9 Å². The van der Waals surface area contributed by atoms with E-state index in [0.29, 0.717) is 17.8 Å². The summed E-state index contributed by atoms with van der Waals surface area (Å²) in [5, 5.41) is 20.8. The molecule has 0 aromatic rings. The minimum Gasteiger partial charge on any atom is -0.548 e. The second kappa shape index (κ2) is 11.5. The minimum atomic E-state index is -1.35. The summed E-state index contributed by atoms with van der Waals surface area (Å²) >= 11 is 0. The molecule has 5 aliphatic carbocycles. The summed E-state index contributed by atoms with van der Waals surface area (Å²) in [5.74, 6) is -1.30. The van der Waals surface area contributed by atoms with Gasteiger partial charge in [-0.3, -0.25) is 4.79 Å². The molecular formula is C34H51KO7. The Morgan fingerprint density at radius 3 is 2.21 bits per heavy atom. The number of esters is 1. The molecule has 0 aromatic heterocycles. The summed E-state index contributed by atoms with van der Waals surface area (Å²) < 4.78 is 10.9. The van der Waals surface area contributed by atoms with Crippen molar-refractivity contribution in [2.45, 2.75) is 119 Å². The zero-order valence-electron chi connectivity index (χ0n) is 27.3. The molecule has 0 aromatic carbocycles. The van der Waals surface area contributed by atoms with Crippen molar-refractivity contribution < 1.29 is 85.5 Å². The van der Waals surface area contributed by atoms with E-state index in [2.05, 4.69) is 47.6 Å². The SMILES string of the molecule is CC1(C)C(OC(=O)COCC(=O)[O-])CC[C@]2(C)[C@H]3CC=C4[C@@H]5C[C@@](C)(C(=O)O)CC[C@]5(C)CC[C@@]4(C)[C@]3(C)CC[C@@H]12.[K+]. The van der Waals surface area contributed by atoms with Gasteiger partial charge >= 0.3 is 63.3 Å². The third kappa shape index (κ3) is 5.24. The van der Waals surface area contributed by atoms with E-state index in [1.54, 1.807) is 5.57 Å². The maximum absolute atomic E-state index is 12.5. The normalized spacial score (nSPS) is 45.5. The molecule has 1 N–H and O–H groups in total. The molecule has 0 saturated heterocycles. The third-order valence-corrected chi connectivity index (χ3v) is 14.0. The molecule has 9 atom stereocenters. The van der Waals surface area contributed by atoms with E-state index in [1.165, 1.54) is 6.42 Å². The first-order valence-corrected chi connectivity index (χ1v) is 15.8. The molecule has 0 spiro atoms. The zero-order valence-corrected chi connectivity index (χ0v) is 30.4. The van der Waals surface area contributed by atoms with Gasteiger partial charge in [-0.2, -0.15) is 0 Å². The van der Waals surface area contributed by atoms with Crippen molar-refractivity contribution in [3.63, 3.8) is 0 Å². The van der Waals surface area contributed by atoms with E-state index in [9.17, 15) is 24.6 Å². The Morgan fingerprint density at radius 2 is 1.57 bits per heavy atom. The van der Waals surface area contributed by atoms with Gasteiger partial charge in [-0.1, -0.05) is 53.2 Å². The quantitative estimate of drug-likeness (QED) is 0.280. The Kier molecular flexibility index (Phi) is 9.50. The Balaban J connectivity index is 0.00000405. The fraction of sp³-hybridized carbons (Fsp3) is 0.853. The summed E-state index contributed by atoms with van der Waals surface area (Å²) in [6.45, 7) is 15.4. The van der Waals surface area contributed by atoms with Crippen LogP contribution in [0.25, 0.3) is 0 Å². The Hall–Kier alpha value is -0.254. The van der Waals surface area contributed by atoms with Crippen molar-refractivity contribution >= 4 is 17.9 Å². The number of hydrogen-bond acceptors (Lipinski definition) is 6. The topological polar surface area (TPSA) is 113 Å². The third-order valence-electron chi connectivity index (χ3n) is 14.0. The molecule has 5 rings (SSSR count). The summed E-state index contributed by atoms with van der Waals surface area (Å²) in [4.78, 5) is 35.5. The number of carbonyl (C=O) groups is 3. The molecule has 0 heterocycles. The smallest absolute Gasteiger partial charge is 0.548 e. The molecular weight excluding hydrogens is 559 g/mol. The Labute approximate surface area is 294 Å². The number of hydrogen-bond donors (Lipinski definition) is 1. The van der Waals surface area contributed by atoms with Gasteiger partial charge in [0, 0.05) is 5.41 Å². The van der Waals surface area contributed by atoms with Gasteiger partial charge in [-0.05, 0) is 111 Å². The molecule has 5 aliphatic rings. The molecule has 0 radical (unpaired) electrons. The summed E-state index contributed by atoms with van der Waals surface area (Å²) in [7, 11) is 0. The van der Waals surface area contributed by atoms with Crippen LogP contribution in [0, 0.1) is 50.2 Å². The van der Waals surface area contributed by atoms with Crippen LogP contribution >= 0.6 is 0 Å². The van der Waals surface area contributed by atoms with Crippen LogP contribution in [0.1, 0.15) is 113 Å². The molecule has 4 saturated carbocycles. The monoisotopic (exact) mass is 610 g/mol. The average Bonchev–Trinajstić information content (AvgIpc) is 2.87. The predicted molar refractivity (Wildman–Crippen MR) is 152 cm³/mol. The predicted octanol–water partition coefficient (Wildman–Crippen LogP) is 2.56. The van der Waals surface area contributed by atoms with Gasteiger partial charge in [0.1, 0.15) is 12.7 Å². The van der Waals surface area contributed by atoms with Crippen molar-refractivity contribution in [2.75, 3.05) is 13.2 Å². The Morgan fingerprint density at radius 1 is 0.905 bits per heavy atom. The number of carbonyl (C=O) groups excluding carboxylic acids is 2. The van der Waals surface area contributed by atoms with Crippen LogP contribution in [0.5, 0.6) is 0 Å². The van der Waals surface area contributed by atoms with Crippen molar-refractivity contribution in [2.24, 2.45) is 50.2 Å². The number of carboxylic acids is 2. The van der Waals surface area contributed by atoms with Crippen molar-refractivity contribution in [3.8, 4) is 0 Å². The van der Waals surface area contributed by atoms with Gasteiger partial charge in [0.15, 0.2) is 0 Å². The van der Waals surface area contributed by atoms with Gasteiger partial charge in [-0.15, -0.1) is 0 Å². The number of allylic oxidation sites excluding steroid dienone is 2. The van der Waals surface area contributed by atoms with Crippen LogP contribution in [0.4, 0.5) is 0 Å². The first-order valence-electron chi connectivity index (χ1n) is 15.8. The van der Waals surface area contributed by atoms with Crippen LogP contribution < -0.4 is 56.5 Å². The van der Waals surface area contributed by atoms with Gasteiger partial charge in [0.05, 0.1) is 18.0 Å². The summed E-state index contributed by atoms with van der Waals surface area (Å²) in [6, 6.07) is 0. The van der Waals surface area contributed by atoms with Gasteiger partial charge in [-0.25, -0.2) is 4.79 Å². The first-order chi connectivity index (χ1) is 18.9. The van der Waals surface area contributed by atoms with E-state index in [4.69, 9.17) is 9.47 Å². The first kappa shape index (κ1) is 34.6. The zero-order chi connectivity index (χ0) is 30.2. The fourth-order valence-corrected chi connectivity index (χ4v) is 11.1. The molecule has 42 heavy (non-hydrogen) atoms. The van der Waals surface area contributed by atoms with Gasteiger partial charge in [0.25, 0.3) is 0 Å². The van der Waals surface area contributed by atoms with E-state index < -0.39 is 29.9 Å². The van der Waals surface area contributed by atoms with Gasteiger partial charge < -0.3 is 24.5 Å². The number of rotatable bonds is 6. The summed E-state index contributed by atoms with van der Waals surface area (Å²) in [5.41, 5.74) is 1.13. The van der Waals surface area contributed by atoms with Gasteiger partial charge in [0.2, 0.25) is 0 Å². The number of fused-ring (bicyclic) bond motifs is 7. The molecule has 0 aliphatic heterocycles. The maximum Gasteiger partial charge on any atom is 1.00 e. The van der Waals surface area contributed by atoms with Crippen molar-refractivity contribution in [1.82, 2.24) is 0 Å². The Bertz CT molecular complexity index is 1150. The van der Waals surface area contributed by atoms with Crippen molar-refractivity contribution in [3.05, 3.63) is 11.6 Å². The van der Waals surface area contributed by atoms with Crippen LogP contribution in [0.3, 0.4) is 0 Å². The standard InChI is InChI=1S/C34H52O7.K/c1-29(2)23-10-13-34(7)24(32(23,5)12-11-25(29)41-27(37)20-40-19-26(35)36)9-8-21-22-18-31(4,28(38)39)15-14-30(22,3)16-17-33(21,34)6;/h8,22-25H,9-20H2,1-7H3,(H,35,36)(H,38,39);/q;+1/p-1/t22-,23-,24+,25?,30+,31-,32-,33+,34+;/m0./s1. The van der Waals surface area contributed by atoms with E-state index in [0.717, 1.165) is 57.8 Å². The van der Waals surface area contributed by atoms with Crippen LogP contribution in [0.15, 0.2) is 11.6 Å². The van der Waals surface area contributed by atoms with Crippen LogP contribution in [-0.4, -0.2) is 42.3 Å². The second-order valence-electron chi connectivity index (χ2n) is 16.3.